The molecule has 1 aromatic heterocycles. The van der Waals surface area contributed by atoms with Crippen LogP contribution in [0.25, 0.3) is 0 Å². The van der Waals surface area contributed by atoms with Gasteiger partial charge in [0.1, 0.15) is 4.47 Å². The first-order chi connectivity index (χ1) is 6.02. The Hall–Kier alpha value is -1.01. The molecule has 5 nitrogen and oxygen atoms in total. The monoisotopic (exact) mass is 264 g/mol. The average molecular weight is 265 g/mol. The zero-order valence-corrected chi connectivity index (χ0v) is 8.37. The molecular weight excluding hydrogens is 263 g/mol. The Bertz CT molecular complexity index is 382. The standard InChI is InChI=1S/C6H2BrClN2O3/c7-3-1-2-4(5(8)11)9-6(3)10(12)13/h1-2H. The van der Waals surface area contributed by atoms with Gasteiger partial charge in [0.15, 0.2) is 0 Å². The van der Waals surface area contributed by atoms with Crippen molar-refractivity contribution in [3.8, 4) is 0 Å². The van der Waals surface area contributed by atoms with E-state index in [4.69, 9.17) is 11.6 Å². The molecular formula is C6H2BrClN2O3. The molecule has 0 aliphatic carbocycles. The van der Waals surface area contributed by atoms with Crippen molar-refractivity contribution in [3.63, 3.8) is 0 Å². The maximum Gasteiger partial charge on any atom is 0.378 e. The summed E-state index contributed by atoms with van der Waals surface area (Å²) < 4.78 is 0.208. The fourth-order valence-electron chi connectivity index (χ4n) is 0.669. The van der Waals surface area contributed by atoms with Gasteiger partial charge in [-0.1, -0.05) is 0 Å². The molecule has 0 fully saturated rings. The smallest absolute Gasteiger partial charge is 0.358 e. The number of pyridine rings is 1. The van der Waals surface area contributed by atoms with Crippen LogP contribution in [0.5, 0.6) is 0 Å². The third-order valence-electron chi connectivity index (χ3n) is 1.20. The molecule has 0 bridgehead atoms. The highest BCUT2D eigenvalue weighted by molar-refractivity contribution is 9.10. The van der Waals surface area contributed by atoms with Crippen LogP contribution in [0.4, 0.5) is 5.82 Å². The van der Waals surface area contributed by atoms with Crippen LogP contribution in [0, 0.1) is 10.1 Å². The van der Waals surface area contributed by atoms with E-state index in [1.54, 1.807) is 0 Å². The molecule has 1 heterocycles. The van der Waals surface area contributed by atoms with Gasteiger partial charge >= 0.3 is 5.82 Å². The number of carbonyl (C=O) groups is 1. The highest BCUT2D eigenvalue weighted by Crippen LogP contribution is 2.22. The summed E-state index contributed by atoms with van der Waals surface area (Å²) in [5.74, 6) is -0.425. The SMILES string of the molecule is O=C(Cl)c1ccc(Br)c([N+](=O)[O-])n1. The minimum Gasteiger partial charge on any atom is -0.358 e. The Morgan fingerprint density at radius 3 is 2.69 bits per heavy atom. The summed E-state index contributed by atoms with van der Waals surface area (Å²) in [4.78, 5) is 23.7. The molecule has 0 unspecified atom stereocenters. The van der Waals surface area contributed by atoms with Crippen LogP contribution in [0.3, 0.4) is 0 Å². The predicted molar refractivity (Wildman–Crippen MR) is 48.8 cm³/mol. The van der Waals surface area contributed by atoms with Crippen molar-refractivity contribution < 1.29 is 9.72 Å². The molecule has 0 aliphatic rings. The number of nitro groups is 1. The topological polar surface area (TPSA) is 73.1 Å². The zero-order valence-electron chi connectivity index (χ0n) is 6.03. The van der Waals surface area contributed by atoms with E-state index in [0.717, 1.165) is 0 Å². The lowest BCUT2D eigenvalue weighted by molar-refractivity contribution is -0.390. The van der Waals surface area contributed by atoms with E-state index >= 15 is 0 Å². The quantitative estimate of drug-likeness (QED) is 0.466. The van der Waals surface area contributed by atoms with Crippen LogP contribution in [0.1, 0.15) is 10.5 Å². The van der Waals surface area contributed by atoms with Crippen molar-refractivity contribution in [2.45, 2.75) is 0 Å². The largest absolute Gasteiger partial charge is 0.378 e. The van der Waals surface area contributed by atoms with Gasteiger partial charge in [-0.15, -0.1) is 0 Å². The van der Waals surface area contributed by atoms with Crippen LogP contribution >= 0.6 is 27.5 Å². The number of hydrogen-bond donors (Lipinski definition) is 0. The summed E-state index contributed by atoms with van der Waals surface area (Å²) >= 11 is 8.01. The minimum atomic E-state index is -0.824. The Kier molecular flexibility index (Phi) is 2.94. The first-order valence-electron chi connectivity index (χ1n) is 3.03. The maximum atomic E-state index is 10.6. The minimum absolute atomic E-state index is 0.142. The lowest BCUT2D eigenvalue weighted by Gasteiger charge is -1.94. The number of hydrogen-bond acceptors (Lipinski definition) is 4. The third-order valence-corrected chi connectivity index (χ3v) is 2.01. The second kappa shape index (κ2) is 3.80. The molecule has 0 N–H and O–H groups in total. The molecule has 13 heavy (non-hydrogen) atoms. The lowest BCUT2D eigenvalue weighted by atomic mass is 10.4. The van der Waals surface area contributed by atoms with Gasteiger partial charge in [0, 0.05) is 0 Å². The average Bonchev–Trinajstić information content (AvgIpc) is 2.04. The first kappa shape index (κ1) is 10.1. The maximum absolute atomic E-state index is 10.6. The highest BCUT2D eigenvalue weighted by Gasteiger charge is 2.18. The summed E-state index contributed by atoms with van der Waals surface area (Å²) in [7, 11) is 0. The van der Waals surface area contributed by atoms with Gasteiger partial charge in [-0.2, -0.15) is 0 Å². The fourth-order valence-corrected chi connectivity index (χ4v) is 1.14. The Morgan fingerprint density at radius 1 is 1.62 bits per heavy atom. The van der Waals surface area contributed by atoms with Crippen molar-refractivity contribution in [3.05, 3.63) is 32.4 Å². The van der Waals surface area contributed by atoms with Crippen LogP contribution in [0.2, 0.25) is 0 Å². The molecule has 0 saturated carbocycles. The van der Waals surface area contributed by atoms with Crippen molar-refractivity contribution in [2.24, 2.45) is 0 Å². The Morgan fingerprint density at radius 2 is 2.23 bits per heavy atom. The van der Waals surface area contributed by atoms with E-state index in [1.165, 1.54) is 12.1 Å². The third kappa shape index (κ3) is 2.22. The van der Waals surface area contributed by atoms with E-state index in [9.17, 15) is 14.9 Å². The highest BCUT2D eigenvalue weighted by atomic mass is 79.9. The Balaban J connectivity index is 3.27. The van der Waals surface area contributed by atoms with Gasteiger partial charge in [0.25, 0.3) is 5.24 Å². The molecule has 0 aromatic carbocycles. The van der Waals surface area contributed by atoms with Crippen molar-refractivity contribution in [1.82, 2.24) is 4.98 Å². The Labute approximate surface area is 86.0 Å². The van der Waals surface area contributed by atoms with E-state index in [-0.39, 0.29) is 10.2 Å². The molecule has 0 aliphatic heterocycles. The summed E-state index contributed by atoms with van der Waals surface area (Å²) in [6, 6.07) is 2.65. The number of aromatic nitrogens is 1. The molecule has 0 saturated heterocycles. The molecule has 1 aromatic rings. The molecule has 0 spiro atoms. The summed E-state index contributed by atoms with van der Waals surface area (Å²) in [5.41, 5.74) is -0.142. The fraction of sp³-hybridized carbons (Fsp3) is 0. The van der Waals surface area contributed by atoms with Gasteiger partial charge in [-0.25, -0.2) is 0 Å². The van der Waals surface area contributed by atoms with Crippen LogP contribution in [0.15, 0.2) is 16.6 Å². The zero-order chi connectivity index (χ0) is 10.0. The van der Waals surface area contributed by atoms with E-state index in [2.05, 4.69) is 20.9 Å². The van der Waals surface area contributed by atoms with Crippen molar-refractivity contribution in [1.29, 1.82) is 0 Å². The molecule has 68 valence electrons. The second-order valence-electron chi connectivity index (χ2n) is 2.03. The van der Waals surface area contributed by atoms with Gasteiger partial charge in [0.2, 0.25) is 5.69 Å². The lowest BCUT2D eigenvalue weighted by Crippen LogP contribution is -1.99. The van der Waals surface area contributed by atoms with Gasteiger partial charge in [-0.05, 0) is 49.6 Å². The van der Waals surface area contributed by atoms with E-state index < -0.39 is 16.0 Å². The molecule has 0 radical (unpaired) electrons. The second-order valence-corrected chi connectivity index (χ2v) is 3.23. The number of carbonyl (C=O) groups excluding carboxylic acids is 1. The summed E-state index contributed by atoms with van der Waals surface area (Å²) in [6.07, 6.45) is 0. The van der Waals surface area contributed by atoms with Crippen molar-refractivity contribution in [2.75, 3.05) is 0 Å². The molecule has 0 atom stereocenters. The predicted octanol–water partition coefficient (Wildman–Crippen LogP) is 2.13. The number of nitrogens with zero attached hydrogens (tertiary/aromatic N) is 2. The summed E-state index contributed by atoms with van der Waals surface area (Å²) in [6.45, 7) is 0. The summed E-state index contributed by atoms with van der Waals surface area (Å²) in [5, 5.41) is 9.53. The van der Waals surface area contributed by atoms with Crippen LogP contribution in [-0.4, -0.2) is 15.1 Å². The molecule has 0 amide bonds. The van der Waals surface area contributed by atoms with Crippen molar-refractivity contribution >= 4 is 38.6 Å². The van der Waals surface area contributed by atoms with Gasteiger partial charge in [0.05, 0.1) is 0 Å². The van der Waals surface area contributed by atoms with Crippen LogP contribution < -0.4 is 0 Å². The van der Waals surface area contributed by atoms with E-state index in [1.807, 2.05) is 0 Å². The van der Waals surface area contributed by atoms with E-state index in [0.29, 0.717) is 0 Å². The van der Waals surface area contributed by atoms with Gasteiger partial charge in [-0.3, -0.25) is 4.79 Å². The van der Waals surface area contributed by atoms with Crippen LogP contribution in [-0.2, 0) is 0 Å². The molecule has 7 heteroatoms. The number of rotatable bonds is 2. The number of halogens is 2. The normalized spacial score (nSPS) is 9.69. The van der Waals surface area contributed by atoms with Gasteiger partial charge < -0.3 is 10.1 Å². The molecule has 1 rings (SSSR count). The first-order valence-corrected chi connectivity index (χ1v) is 4.20.